The molecule has 2 heterocycles. The Kier molecular flexibility index (Phi) is 2.41. The Balaban J connectivity index is 2.08. The molecule has 0 amide bonds. The van der Waals surface area contributed by atoms with Gasteiger partial charge < -0.3 is 9.26 Å². The van der Waals surface area contributed by atoms with Gasteiger partial charge in [-0.15, -0.1) is 0 Å². The summed E-state index contributed by atoms with van der Waals surface area (Å²) in [4.78, 5) is 4.58. The quantitative estimate of drug-likeness (QED) is 0.740. The van der Waals surface area contributed by atoms with Gasteiger partial charge in [0.05, 0.1) is 0 Å². The Morgan fingerprint density at radius 1 is 1.33 bits per heavy atom. The second-order valence-corrected chi connectivity index (χ2v) is 3.47. The third kappa shape index (κ3) is 1.67. The van der Waals surface area contributed by atoms with Crippen molar-refractivity contribution in [2.75, 3.05) is 13.2 Å². The maximum Gasteiger partial charge on any atom is 0.293 e. The lowest BCUT2D eigenvalue weighted by molar-refractivity contribution is 0.0830. The van der Waals surface area contributed by atoms with Gasteiger partial charge >= 0.3 is 0 Å². The molecule has 5 heteroatoms. The standard InChI is InChI=1S/C7H9BrN2O2/c8-7-9-6(10-12-7)5-1-3-11-4-2-5/h5H,1-4H2. The van der Waals surface area contributed by atoms with Crippen LogP contribution in [0.4, 0.5) is 0 Å². The minimum Gasteiger partial charge on any atom is -0.381 e. The smallest absolute Gasteiger partial charge is 0.293 e. The van der Waals surface area contributed by atoms with Crippen molar-refractivity contribution in [3.05, 3.63) is 10.6 Å². The lowest BCUT2D eigenvalue weighted by atomic mass is 10.00. The average molecular weight is 233 g/mol. The summed E-state index contributed by atoms with van der Waals surface area (Å²) in [6.45, 7) is 1.60. The molecule has 1 aromatic heterocycles. The number of hydrogen-bond donors (Lipinski definition) is 0. The third-order valence-corrected chi connectivity index (χ3v) is 2.33. The van der Waals surface area contributed by atoms with E-state index < -0.39 is 0 Å². The topological polar surface area (TPSA) is 48.2 Å². The molecule has 0 radical (unpaired) electrons. The first kappa shape index (κ1) is 8.19. The van der Waals surface area contributed by atoms with Crippen LogP contribution in [0.25, 0.3) is 0 Å². The fourth-order valence-electron chi connectivity index (χ4n) is 1.34. The average Bonchev–Trinajstić information content (AvgIpc) is 2.54. The lowest BCUT2D eigenvalue weighted by Crippen LogP contribution is -2.15. The molecule has 2 rings (SSSR count). The van der Waals surface area contributed by atoms with E-state index in [4.69, 9.17) is 9.26 Å². The van der Waals surface area contributed by atoms with Crippen LogP contribution in [-0.4, -0.2) is 23.4 Å². The molecule has 0 N–H and O–H groups in total. The van der Waals surface area contributed by atoms with Crippen LogP contribution in [0.3, 0.4) is 0 Å². The van der Waals surface area contributed by atoms with Crippen molar-refractivity contribution in [3.63, 3.8) is 0 Å². The molecule has 0 saturated carbocycles. The Labute approximate surface area is 78.4 Å². The van der Waals surface area contributed by atoms with Gasteiger partial charge in [0, 0.05) is 35.1 Å². The van der Waals surface area contributed by atoms with Gasteiger partial charge in [0.25, 0.3) is 4.80 Å². The number of halogens is 1. The van der Waals surface area contributed by atoms with E-state index >= 15 is 0 Å². The van der Waals surface area contributed by atoms with Gasteiger partial charge in [0.15, 0.2) is 5.82 Å². The van der Waals surface area contributed by atoms with E-state index in [1.165, 1.54) is 0 Å². The van der Waals surface area contributed by atoms with Gasteiger partial charge in [-0.05, 0) is 12.8 Å². The summed E-state index contributed by atoms with van der Waals surface area (Å²) < 4.78 is 10.1. The van der Waals surface area contributed by atoms with Crippen molar-refractivity contribution in [1.29, 1.82) is 0 Å². The van der Waals surface area contributed by atoms with Crippen molar-refractivity contribution in [3.8, 4) is 0 Å². The molecule has 4 nitrogen and oxygen atoms in total. The fraction of sp³-hybridized carbons (Fsp3) is 0.714. The zero-order chi connectivity index (χ0) is 8.39. The van der Waals surface area contributed by atoms with Crippen molar-refractivity contribution < 1.29 is 9.26 Å². The Bertz CT molecular complexity index is 258. The van der Waals surface area contributed by atoms with Crippen molar-refractivity contribution >= 4 is 15.9 Å². The van der Waals surface area contributed by atoms with Crippen LogP contribution in [0.1, 0.15) is 24.6 Å². The van der Waals surface area contributed by atoms with E-state index in [9.17, 15) is 0 Å². The maximum atomic E-state index is 5.23. The molecule has 1 saturated heterocycles. The molecular weight excluding hydrogens is 224 g/mol. The molecule has 1 aliphatic heterocycles. The Morgan fingerprint density at radius 2 is 2.08 bits per heavy atom. The first-order chi connectivity index (χ1) is 5.86. The Morgan fingerprint density at radius 3 is 2.67 bits per heavy atom. The van der Waals surface area contributed by atoms with Gasteiger partial charge in [0.2, 0.25) is 0 Å². The highest BCUT2D eigenvalue weighted by atomic mass is 79.9. The molecule has 0 unspecified atom stereocenters. The second-order valence-electron chi connectivity index (χ2n) is 2.79. The van der Waals surface area contributed by atoms with Crippen LogP contribution in [0.2, 0.25) is 0 Å². The minimum atomic E-state index is 0.411. The first-order valence-corrected chi connectivity index (χ1v) is 4.72. The van der Waals surface area contributed by atoms with E-state index in [-0.39, 0.29) is 0 Å². The highest BCUT2D eigenvalue weighted by Crippen LogP contribution is 2.24. The summed E-state index contributed by atoms with van der Waals surface area (Å²) in [5, 5.41) is 3.85. The lowest BCUT2D eigenvalue weighted by Gasteiger charge is -2.18. The molecular formula is C7H9BrN2O2. The van der Waals surface area contributed by atoms with Crippen LogP contribution in [0.15, 0.2) is 9.32 Å². The fourth-order valence-corrected chi connectivity index (χ4v) is 1.59. The van der Waals surface area contributed by atoms with Crippen LogP contribution in [0.5, 0.6) is 0 Å². The zero-order valence-corrected chi connectivity index (χ0v) is 8.08. The third-order valence-electron chi connectivity index (χ3n) is 2.00. The zero-order valence-electron chi connectivity index (χ0n) is 6.49. The van der Waals surface area contributed by atoms with Crippen LogP contribution in [-0.2, 0) is 4.74 Å². The monoisotopic (exact) mass is 232 g/mol. The normalized spacial score (nSPS) is 19.8. The molecule has 66 valence electrons. The van der Waals surface area contributed by atoms with E-state index in [2.05, 4.69) is 26.1 Å². The summed E-state index contributed by atoms with van der Waals surface area (Å²) in [7, 11) is 0. The van der Waals surface area contributed by atoms with Gasteiger partial charge in [-0.25, -0.2) is 0 Å². The molecule has 1 aliphatic rings. The first-order valence-electron chi connectivity index (χ1n) is 3.93. The number of aromatic nitrogens is 2. The van der Waals surface area contributed by atoms with Crippen LogP contribution < -0.4 is 0 Å². The summed E-state index contributed by atoms with van der Waals surface area (Å²) in [6.07, 6.45) is 1.98. The van der Waals surface area contributed by atoms with E-state index in [0.29, 0.717) is 10.7 Å². The minimum absolute atomic E-state index is 0.411. The molecule has 0 aromatic carbocycles. The van der Waals surface area contributed by atoms with Crippen LogP contribution >= 0.6 is 15.9 Å². The number of ether oxygens (including phenoxy) is 1. The van der Waals surface area contributed by atoms with Crippen molar-refractivity contribution in [2.45, 2.75) is 18.8 Å². The van der Waals surface area contributed by atoms with Crippen LogP contribution in [0, 0.1) is 0 Å². The van der Waals surface area contributed by atoms with Gasteiger partial charge in [-0.2, -0.15) is 4.98 Å². The number of hydrogen-bond acceptors (Lipinski definition) is 4. The number of nitrogens with zero attached hydrogens (tertiary/aromatic N) is 2. The summed E-state index contributed by atoms with van der Waals surface area (Å²) >= 11 is 3.13. The second kappa shape index (κ2) is 3.53. The highest BCUT2D eigenvalue weighted by Gasteiger charge is 2.20. The summed E-state index contributed by atoms with van der Waals surface area (Å²) in [5.74, 6) is 1.21. The molecule has 0 aliphatic carbocycles. The van der Waals surface area contributed by atoms with Gasteiger partial charge in [-0.1, -0.05) is 5.16 Å². The SMILES string of the molecule is Brc1nc(C2CCOCC2)no1. The van der Waals surface area contributed by atoms with E-state index in [1.54, 1.807) is 0 Å². The van der Waals surface area contributed by atoms with E-state index in [0.717, 1.165) is 31.9 Å². The molecule has 12 heavy (non-hydrogen) atoms. The number of rotatable bonds is 1. The molecule has 0 bridgehead atoms. The van der Waals surface area contributed by atoms with Crippen molar-refractivity contribution in [1.82, 2.24) is 10.1 Å². The molecule has 0 atom stereocenters. The highest BCUT2D eigenvalue weighted by molar-refractivity contribution is 9.10. The largest absolute Gasteiger partial charge is 0.381 e. The maximum absolute atomic E-state index is 5.23. The molecule has 1 aromatic rings. The molecule has 1 fully saturated rings. The van der Waals surface area contributed by atoms with Crippen molar-refractivity contribution in [2.24, 2.45) is 0 Å². The summed E-state index contributed by atoms with van der Waals surface area (Å²) in [5.41, 5.74) is 0. The Hall–Kier alpha value is -0.420. The molecule has 0 spiro atoms. The van der Waals surface area contributed by atoms with Gasteiger partial charge in [-0.3, -0.25) is 0 Å². The van der Waals surface area contributed by atoms with Gasteiger partial charge in [0.1, 0.15) is 0 Å². The summed E-state index contributed by atoms with van der Waals surface area (Å²) in [6, 6.07) is 0. The predicted octanol–water partition coefficient (Wildman–Crippen LogP) is 1.73. The van der Waals surface area contributed by atoms with E-state index in [1.807, 2.05) is 0 Å². The predicted molar refractivity (Wildman–Crippen MR) is 44.8 cm³/mol.